The van der Waals surface area contributed by atoms with E-state index >= 15 is 0 Å². The van der Waals surface area contributed by atoms with Gasteiger partial charge in [-0.05, 0) is 18.5 Å². The summed E-state index contributed by atoms with van der Waals surface area (Å²) in [5.74, 6) is 3.13. The van der Waals surface area contributed by atoms with Gasteiger partial charge in [-0.15, -0.1) is 0 Å². The monoisotopic (exact) mass is 215 g/mol. The van der Waals surface area contributed by atoms with Crippen LogP contribution < -0.4 is 10.6 Å². The van der Waals surface area contributed by atoms with Crippen molar-refractivity contribution in [3.05, 3.63) is 5.56 Å². The topological polar surface area (TPSA) is 42.1 Å². The van der Waals surface area contributed by atoms with Crippen LogP contribution >= 0.6 is 23.3 Å². The lowest BCUT2D eigenvalue weighted by molar-refractivity contribution is 0.865. The summed E-state index contributed by atoms with van der Waals surface area (Å²) in [7, 11) is 0. The van der Waals surface area contributed by atoms with E-state index in [4.69, 9.17) is 5.73 Å². The first kappa shape index (κ1) is 9.15. The zero-order valence-corrected chi connectivity index (χ0v) is 9.25. The highest BCUT2D eigenvalue weighted by molar-refractivity contribution is 7.99. The van der Waals surface area contributed by atoms with Gasteiger partial charge in [-0.3, -0.25) is 0 Å². The van der Waals surface area contributed by atoms with E-state index in [1.54, 1.807) is 0 Å². The molecule has 1 fully saturated rings. The van der Waals surface area contributed by atoms with Crippen LogP contribution in [0.4, 0.5) is 10.8 Å². The molecule has 0 radical (unpaired) electrons. The fraction of sp³-hybridized carbons (Fsp3) is 0.625. The molecule has 5 heteroatoms. The minimum Gasteiger partial charge on any atom is -0.383 e. The maximum absolute atomic E-state index is 5.71. The zero-order valence-electron chi connectivity index (χ0n) is 7.62. The second-order valence-corrected chi connectivity index (χ2v) is 5.07. The number of anilines is 2. The number of nitrogens with two attached hydrogens (primary N) is 1. The molecule has 1 saturated heterocycles. The lowest BCUT2D eigenvalue weighted by Gasteiger charge is -2.27. The molecule has 0 aliphatic carbocycles. The fourth-order valence-corrected chi connectivity index (χ4v) is 3.16. The van der Waals surface area contributed by atoms with Crippen molar-refractivity contribution in [1.82, 2.24) is 4.37 Å². The Balaban J connectivity index is 2.18. The standard InChI is InChI=1S/C8H13N3S2/c1-6-7(9)10-13-8(6)11-2-4-12-5-3-11/h2-5H2,1H3,(H2,9,10). The van der Waals surface area contributed by atoms with E-state index in [0.717, 1.165) is 18.7 Å². The molecule has 0 unspecified atom stereocenters. The van der Waals surface area contributed by atoms with Crippen LogP contribution in [-0.4, -0.2) is 29.0 Å². The highest BCUT2D eigenvalue weighted by Gasteiger charge is 2.16. The number of hydrogen-bond donors (Lipinski definition) is 1. The number of thioether (sulfide) groups is 1. The van der Waals surface area contributed by atoms with Gasteiger partial charge in [0.15, 0.2) is 0 Å². The van der Waals surface area contributed by atoms with Gasteiger partial charge in [0, 0.05) is 30.2 Å². The Hall–Kier alpha value is -0.420. The van der Waals surface area contributed by atoms with Gasteiger partial charge in [0.1, 0.15) is 10.8 Å². The summed E-state index contributed by atoms with van der Waals surface area (Å²) in [6.45, 7) is 4.32. The molecule has 0 saturated carbocycles. The maximum atomic E-state index is 5.71. The van der Waals surface area contributed by atoms with Crippen molar-refractivity contribution in [1.29, 1.82) is 0 Å². The van der Waals surface area contributed by atoms with E-state index in [-0.39, 0.29) is 0 Å². The normalized spacial score (nSPS) is 17.8. The molecule has 1 aliphatic heterocycles. The fourth-order valence-electron chi connectivity index (χ4n) is 1.40. The molecule has 2 heterocycles. The number of aromatic nitrogens is 1. The molecule has 1 aliphatic rings. The van der Waals surface area contributed by atoms with Crippen LogP contribution in [0.25, 0.3) is 0 Å². The molecule has 0 atom stereocenters. The highest BCUT2D eigenvalue weighted by Crippen LogP contribution is 2.30. The summed E-state index contributed by atoms with van der Waals surface area (Å²) >= 11 is 3.54. The average Bonchev–Trinajstić information content (AvgIpc) is 2.49. The van der Waals surface area contributed by atoms with E-state index in [0.29, 0.717) is 5.82 Å². The smallest absolute Gasteiger partial charge is 0.142 e. The second-order valence-electron chi connectivity index (χ2n) is 3.10. The molecule has 1 aromatic heterocycles. The lowest BCUT2D eigenvalue weighted by atomic mass is 10.3. The molecule has 72 valence electrons. The van der Waals surface area contributed by atoms with Crippen molar-refractivity contribution >= 4 is 34.1 Å². The molecule has 0 spiro atoms. The van der Waals surface area contributed by atoms with Crippen LogP contribution in [0, 0.1) is 6.92 Å². The van der Waals surface area contributed by atoms with Crippen molar-refractivity contribution in [3.8, 4) is 0 Å². The molecule has 2 N–H and O–H groups in total. The molecular weight excluding hydrogens is 202 g/mol. The first-order valence-corrected chi connectivity index (χ1v) is 6.26. The zero-order chi connectivity index (χ0) is 9.26. The van der Waals surface area contributed by atoms with Crippen LogP contribution in [0.1, 0.15) is 5.56 Å². The summed E-state index contributed by atoms with van der Waals surface area (Å²) in [4.78, 5) is 2.39. The van der Waals surface area contributed by atoms with Gasteiger partial charge in [0.25, 0.3) is 0 Å². The second kappa shape index (κ2) is 3.75. The molecule has 0 bridgehead atoms. The number of nitrogen functional groups attached to an aromatic ring is 1. The first-order valence-electron chi connectivity index (χ1n) is 4.33. The molecule has 13 heavy (non-hydrogen) atoms. The minimum absolute atomic E-state index is 0.693. The van der Waals surface area contributed by atoms with Crippen molar-refractivity contribution in [2.75, 3.05) is 35.2 Å². The Morgan fingerprint density at radius 3 is 2.62 bits per heavy atom. The Labute approximate surface area is 86.5 Å². The van der Waals surface area contributed by atoms with Crippen LogP contribution in [0.15, 0.2) is 0 Å². The number of nitrogens with zero attached hydrogens (tertiary/aromatic N) is 2. The van der Waals surface area contributed by atoms with Gasteiger partial charge in [-0.1, -0.05) is 0 Å². The van der Waals surface area contributed by atoms with Crippen LogP contribution in [0.2, 0.25) is 0 Å². The Morgan fingerprint density at radius 1 is 1.38 bits per heavy atom. The Bertz CT molecular complexity index is 292. The lowest BCUT2D eigenvalue weighted by Crippen LogP contribution is -2.32. The number of hydrogen-bond acceptors (Lipinski definition) is 5. The van der Waals surface area contributed by atoms with Gasteiger partial charge in [0.05, 0.1) is 0 Å². The average molecular weight is 215 g/mol. The third kappa shape index (κ3) is 1.76. The predicted molar refractivity (Wildman–Crippen MR) is 60.8 cm³/mol. The van der Waals surface area contributed by atoms with E-state index in [9.17, 15) is 0 Å². The van der Waals surface area contributed by atoms with Gasteiger partial charge in [-0.25, -0.2) is 0 Å². The number of rotatable bonds is 1. The van der Waals surface area contributed by atoms with Crippen LogP contribution in [0.3, 0.4) is 0 Å². The summed E-state index contributed by atoms with van der Waals surface area (Å²) in [5.41, 5.74) is 6.86. The summed E-state index contributed by atoms with van der Waals surface area (Å²) < 4.78 is 4.16. The predicted octanol–water partition coefficient (Wildman–Crippen LogP) is 1.59. The van der Waals surface area contributed by atoms with Gasteiger partial charge in [0.2, 0.25) is 0 Å². The molecule has 2 rings (SSSR count). The summed E-state index contributed by atoms with van der Waals surface area (Å²) in [5, 5.41) is 1.26. The van der Waals surface area contributed by atoms with E-state index < -0.39 is 0 Å². The molecule has 3 nitrogen and oxygen atoms in total. The Morgan fingerprint density at radius 2 is 2.08 bits per heavy atom. The first-order chi connectivity index (χ1) is 6.29. The summed E-state index contributed by atoms with van der Waals surface area (Å²) in [6, 6.07) is 0. The third-order valence-electron chi connectivity index (χ3n) is 2.23. The van der Waals surface area contributed by atoms with Crippen LogP contribution in [0.5, 0.6) is 0 Å². The van der Waals surface area contributed by atoms with E-state index in [1.807, 2.05) is 11.8 Å². The van der Waals surface area contributed by atoms with Crippen LogP contribution in [-0.2, 0) is 0 Å². The quantitative estimate of drug-likeness (QED) is 0.772. The minimum atomic E-state index is 0.693. The molecule has 0 amide bonds. The Kier molecular flexibility index (Phi) is 2.64. The van der Waals surface area contributed by atoms with Crippen molar-refractivity contribution in [2.24, 2.45) is 0 Å². The SMILES string of the molecule is Cc1c(N)nsc1N1CCSCC1. The van der Waals surface area contributed by atoms with Crippen molar-refractivity contribution in [2.45, 2.75) is 6.92 Å². The van der Waals surface area contributed by atoms with Gasteiger partial charge >= 0.3 is 0 Å². The molecular formula is C8H13N3S2. The molecule has 1 aromatic rings. The third-order valence-corrected chi connectivity index (χ3v) is 4.20. The molecule has 0 aromatic carbocycles. The van der Waals surface area contributed by atoms with E-state index in [1.165, 1.54) is 28.0 Å². The maximum Gasteiger partial charge on any atom is 0.142 e. The van der Waals surface area contributed by atoms with E-state index in [2.05, 4.69) is 16.2 Å². The van der Waals surface area contributed by atoms with Gasteiger partial charge < -0.3 is 10.6 Å². The highest BCUT2D eigenvalue weighted by atomic mass is 32.2. The summed E-state index contributed by atoms with van der Waals surface area (Å²) in [6.07, 6.45) is 0. The largest absolute Gasteiger partial charge is 0.383 e. The van der Waals surface area contributed by atoms with Crippen molar-refractivity contribution < 1.29 is 0 Å². The van der Waals surface area contributed by atoms with Crippen molar-refractivity contribution in [3.63, 3.8) is 0 Å². The van der Waals surface area contributed by atoms with Gasteiger partial charge in [-0.2, -0.15) is 16.1 Å².